The van der Waals surface area contributed by atoms with E-state index in [0.717, 1.165) is 75.6 Å². The summed E-state index contributed by atoms with van der Waals surface area (Å²) in [6.45, 7) is 8.48. The van der Waals surface area contributed by atoms with Crippen molar-refractivity contribution < 1.29 is 0 Å². The van der Waals surface area contributed by atoms with Gasteiger partial charge in [0.05, 0.1) is 0 Å². The fourth-order valence-electron chi connectivity index (χ4n) is 4.90. The van der Waals surface area contributed by atoms with Crippen LogP contribution in [0, 0.1) is 0 Å². The van der Waals surface area contributed by atoms with Gasteiger partial charge in [0, 0.05) is 0 Å². The summed E-state index contributed by atoms with van der Waals surface area (Å²) in [7, 11) is 4.26. The molecule has 0 amide bonds. The van der Waals surface area contributed by atoms with Crippen molar-refractivity contribution >= 4 is 47.1 Å². The molecule has 1 radical (unpaired) electrons. The second-order valence-electron chi connectivity index (χ2n) is 9.97. The molecule has 1 aromatic carbocycles. The third-order valence-corrected chi connectivity index (χ3v) is 9.35. The van der Waals surface area contributed by atoms with Crippen LogP contribution >= 0.6 is 0 Å². The van der Waals surface area contributed by atoms with Crippen molar-refractivity contribution in [2.75, 3.05) is 76.3 Å². The van der Waals surface area contributed by atoms with Gasteiger partial charge in [-0.2, -0.15) is 0 Å². The predicted molar refractivity (Wildman–Crippen MR) is 147 cm³/mol. The maximum absolute atomic E-state index is 12.7. The van der Waals surface area contributed by atoms with Gasteiger partial charge < -0.3 is 0 Å². The molecule has 0 unspecified atom stereocenters. The van der Waals surface area contributed by atoms with E-state index in [-0.39, 0.29) is 5.56 Å². The second kappa shape index (κ2) is 11.7. The normalized spacial score (nSPS) is 18.0. The van der Waals surface area contributed by atoms with Crippen molar-refractivity contribution in [3.8, 4) is 0 Å². The number of aromatic nitrogens is 4. The third-order valence-electron chi connectivity index (χ3n) is 7.06. The molecule has 9 nitrogen and oxygen atoms in total. The number of aromatic amines is 1. The van der Waals surface area contributed by atoms with Crippen LogP contribution in [-0.2, 0) is 0 Å². The molecule has 10 heteroatoms. The first-order valence-corrected chi connectivity index (χ1v) is 14.9. The van der Waals surface area contributed by atoms with Gasteiger partial charge in [-0.25, -0.2) is 0 Å². The molecule has 1 N–H and O–H groups in total. The second-order valence-corrected chi connectivity index (χ2v) is 12.4. The van der Waals surface area contributed by atoms with Crippen molar-refractivity contribution in [3.05, 3.63) is 40.8 Å². The molecule has 0 bridgehead atoms. The molecule has 0 spiro atoms. The standard InChI is InChI=1S/C26H36AsN8O/c1-32(2)13-14-33-15-17-34(18-16-33)21-9-7-20(8-10-21)27-24-23-22(19-28-31-25(23)36)29-26(30-24)35-11-5-3-4-6-12-35/h7-10,19H,3-6,11-18H2,1-2H3,(H,31,36). The number of hydrogen-bond acceptors (Lipinski definition) is 8. The number of rotatable bonds is 7. The molecule has 2 saturated heterocycles. The van der Waals surface area contributed by atoms with Crippen LogP contribution in [0.5, 0.6) is 0 Å². The number of nitrogens with zero attached hydrogens (tertiary/aromatic N) is 7. The Morgan fingerprint density at radius 1 is 0.917 bits per heavy atom. The van der Waals surface area contributed by atoms with E-state index in [1.54, 1.807) is 6.20 Å². The zero-order valence-electron chi connectivity index (χ0n) is 21.4. The van der Waals surface area contributed by atoms with Crippen molar-refractivity contribution in [2.24, 2.45) is 0 Å². The first-order valence-electron chi connectivity index (χ1n) is 13.0. The zero-order valence-corrected chi connectivity index (χ0v) is 23.2. The van der Waals surface area contributed by atoms with Gasteiger partial charge in [-0.3, -0.25) is 0 Å². The average molecular weight is 552 g/mol. The molecule has 4 heterocycles. The van der Waals surface area contributed by atoms with Crippen LogP contribution in [-0.4, -0.2) is 112 Å². The van der Waals surface area contributed by atoms with E-state index in [1.807, 2.05) is 0 Å². The summed E-state index contributed by atoms with van der Waals surface area (Å²) < 4.78 is 2.10. The van der Waals surface area contributed by atoms with Crippen LogP contribution in [0.15, 0.2) is 35.3 Å². The molecule has 2 aliphatic rings. The van der Waals surface area contributed by atoms with Crippen LogP contribution < -0.4 is 24.2 Å². The first kappa shape index (κ1) is 25.2. The van der Waals surface area contributed by atoms with Gasteiger partial charge in [-0.15, -0.1) is 0 Å². The maximum atomic E-state index is 12.7. The van der Waals surface area contributed by atoms with Crippen molar-refractivity contribution in [2.45, 2.75) is 25.7 Å². The molecule has 3 aromatic rings. The average Bonchev–Trinajstić information content (AvgIpc) is 3.18. The summed E-state index contributed by atoms with van der Waals surface area (Å²) in [5, 5.41) is 7.17. The van der Waals surface area contributed by atoms with E-state index >= 15 is 0 Å². The summed E-state index contributed by atoms with van der Waals surface area (Å²) in [5.41, 5.74) is 1.71. The van der Waals surface area contributed by atoms with Gasteiger partial charge in [-0.05, 0) is 0 Å². The van der Waals surface area contributed by atoms with Gasteiger partial charge in [0.25, 0.3) is 0 Å². The Labute approximate surface area is 219 Å². The Morgan fingerprint density at radius 3 is 2.33 bits per heavy atom. The topological polar surface area (TPSA) is 84.5 Å². The summed E-state index contributed by atoms with van der Waals surface area (Å²) in [4.78, 5) is 31.9. The third kappa shape index (κ3) is 6.07. The number of anilines is 2. The summed E-state index contributed by atoms with van der Waals surface area (Å²) in [6, 6.07) is 8.88. The van der Waals surface area contributed by atoms with E-state index in [4.69, 9.17) is 9.97 Å². The summed E-state index contributed by atoms with van der Waals surface area (Å²) >= 11 is -0.462. The van der Waals surface area contributed by atoms with Gasteiger partial charge >= 0.3 is 220 Å². The van der Waals surface area contributed by atoms with Crippen molar-refractivity contribution in [1.29, 1.82) is 0 Å². The quantitative estimate of drug-likeness (QED) is 0.424. The number of H-pyrrole nitrogens is 1. The molecular weight excluding hydrogens is 515 g/mol. The van der Waals surface area contributed by atoms with Crippen LogP contribution in [0.25, 0.3) is 10.9 Å². The molecule has 2 fully saturated rings. The number of hydrogen-bond donors (Lipinski definition) is 1. The minimum absolute atomic E-state index is 0.205. The molecule has 5 rings (SSSR count). The molecule has 0 atom stereocenters. The van der Waals surface area contributed by atoms with E-state index < -0.39 is 15.8 Å². The van der Waals surface area contributed by atoms with Gasteiger partial charge in [0.15, 0.2) is 0 Å². The van der Waals surface area contributed by atoms with Crippen molar-refractivity contribution in [3.63, 3.8) is 0 Å². The SMILES string of the molecule is CN(C)CCN1CCN(c2ccc([As]c3nc(N4CCCCCC4)nc4cn[nH]c(=O)c34)cc2)CC1. The molecule has 0 saturated carbocycles. The molecule has 36 heavy (non-hydrogen) atoms. The van der Waals surface area contributed by atoms with Crippen molar-refractivity contribution in [1.82, 2.24) is 30.0 Å². The van der Waals surface area contributed by atoms with E-state index in [0.29, 0.717) is 10.9 Å². The number of likely N-dealkylation sites (N-methyl/N-ethyl adjacent to an activating group) is 1. The van der Waals surface area contributed by atoms with Gasteiger partial charge in [0.2, 0.25) is 0 Å². The van der Waals surface area contributed by atoms with Crippen LogP contribution in [0.2, 0.25) is 0 Å². The Kier molecular flexibility index (Phi) is 8.19. The number of piperazine rings is 1. The monoisotopic (exact) mass is 551 g/mol. The Balaban J connectivity index is 1.32. The Morgan fingerprint density at radius 2 is 1.64 bits per heavy atom. The van der Waals surface area contributed by atoms with Gasteiger partial charge in [-0.1, -0.05) is 0 Å². The van der Waals surface area contributed by atoms with Gasteiger partial charge in [0.1, 0.15) is 0 Å². The fourth-order valence-corrected chi connectivity index (χ4v) is 7.02. The number of fused-ring (bicyclic) bond motifs is 1. The number of benzene rings is 1. The minimum atomic E-state index is -0.462. The summed E-state index contributed by atoms with van der Waals surface area (Å²) in [5.74, 6) is 0.742. The Hall–Kier alpha value is -2.48. The van der Waals surface area contributed by atoms with Crippen LogP contribution in [0.3, 0.4) is 0 Å². The fraction of sp³-hybridized carbons (Fsp3) is 0.538. The number of nitrogens with one attached hydrogen (secondary N) is 1. The summed E-state index contributed by atoms with van der Waals surface area (Å²) in [6.07, 6.45) is 6.47. The first-order chi connectivity index (χ1) is 17.6. The molecular formula is C26H36AsN8O. The van der Waals surface area contributed by atoms with Crippen LogP contribution in [0.4, 0.5) is 11.6 Å². The molecule has 191 valence electrons. The Bertz CT molecular complexity index is 1200. The van der Waals surface area contributed by atoms with E-state index in [1.165, 1.54) is 22.9 Å². The molecule has 0 aliphatic carbocycles. The molecule has 2 aliphatic heterocycles. The van der Waals surface area contributed by atoms with E-state index in [2.05, 4.69) is 68.2 Å². The predicted octanol–water partition coefficient (Wildman–Crippen LogP) is 0.432. The van der Waals surface area contributed by atoms with E-state index in [9.17, 15) is 4.79 Å². The zero-order chi connectivity index (χ0) is 24.9. The van der Waals surface area contributed by atoms with Crippen LogP contribution in [0.1, 0.15) is 25.7 Å². The molecule has 2 aromatic heterocycles.